The zero-order valence-electron chi connectivity index (χ0n) is 17.2. The predicted molar refractivity (Wildman–Crippen MR) is 124 cm³/mol. The first-order chi connectivity index (χ1) is 13.8. The van der Waals surface area contributed by atoms with Crippen molar-refractivity contribution in [2.75, 3.05) is 4.90 Å². The largest absolute Gasteiger partial charge is 0.347 e. The molecule has 4 nitrogen and oxygen atoms in total. The Hall–Kier alpha value is -2.92. The fourth-order valence-corrected chi connectivity index (χ4v) is 4.02. The minimum atomic E-state index is -0.126. The van der Waals surface area contributed by atoms with E-state index in [-0.39, 0.29) is 5.91 Å². The zero-order chi connectivity index (χ0) is 20.7. The van der Waals surface area contributed by atoms with Gasteiger partial charge in [-0.25, -0.2) is 0 Å². The van der Waals surface area contributed by atoms with E-state index in [0.717, 1.165) is 28.7 Å². The summed E-state index contributed by atoms with van der Waals surface area (Å²) in [6, 6.07) is 14.2. The molecule has 0 spiro atoms. The second-order valence-corrected chi connectivity index (χ2v) is 8.43. The normalized spacial score (nSPS) is 15.8. The van der Waals surface area contributed by atoms with E-state index in [9.17, 15) is 4.79 Å². The summed E-state index contributed by atoms with van der Waals surface area (Å²) in [5, 5.41) is 4.65. The molecule has 0 unspecified atom stereocenters. The predicted octanol–water partition coefficient (Wildman–Crippen LogP) is 5.18. The Morgan fingerprint density at radius 3 is 2.59 bits per heavy atom. The van der Waals surface area contributed by atoms with E-state index >= 15 is 0 Å². The number of aryl methyl sites for hydroxylation is 2. The molecular weight excluding hydrogens is 378 g/mol. The van der Waals surface area contributed by atoms with Crippen molar-refractivity contribution >= 4 is 45.9 Å². The van der Waals surface area contributed by atoms with Crippen LogP contribution in [0, 0.1) is 19.8 Å². The van der Waals surface area contributed by atoms with Gasteiger partial charge in [0.2, 0.25) is 0 Å². The van der Waals surface area contributed by atoms with Crippen molar-refractivity contribution in [2.24, 2.45) is 5.92 Å². The molecule has 0 atom stereocenters. The molecule has 1 aliphatic heterocycles. The van der Waals surface area contributed by atoms with Gasteiger partial charge >= 0.3 is 0 Å². The van der Waals surface area contributed by atoms with Gasteiger partial charge in [-0.05, 0) is 67.4 Å². The number of aromatic nitrogens is 1. The lowest BCUT2D eigenvalue weighted by atomic mass is 10.1. The lowest BCUT2D eigenvalue weighted by molar-refractivity contribution is -0.113. The third-order valence-electron chi connectivity index (χ3n) is 5.31. The number of hydrogen-bond acceptors (Lipinski definition) is 2. The van der Waals surface area contributed by atoms with Crippen molar-refractivity contribution in [3.05, 3.63) is 71.0 Å². The third-order valence-corrected chi connectivity index (χ3v) is 5.59. The van der Waals surface area contributed by atoms with Crippen molar-refractivity contribution in [1.82, 2.24) is 9.88 Å². The third kappa shape index (κ3) is 3.58. The minimum absolute atomic E-state index is 0.126. The van der Waals surface area contributed by atoms with Crippen LogP contribution in [0.2, 0.25) is 0 Å². The zero-order valence-corrected chi connectivity index (χ0v) is 18.0. The van der Waals surface area contributed by atoms with E-state index in [1.165, 1.54) is 11.1 Å². The number of para-hydroxylation sites is 1. The van der Waals surface area contributed by atoms with Crippen LogP contribution in [0.5, 0.6) is 0 Å². The maximum absolute atomic E-state index is 13.1. The maximum atomic E-state index is 13.1. The number of nitrogens with zero attached hydrogens (tertiary/aromatic N) is 2. The molecule has 3 aromatic rings. The first-order valence-electron chi connectivity index (χ1n) is 9.87. The van der Waals surface area contributed by atoms with E-state index in [1.807, 2.05) is 43.3 Å². The van der Waals surface area contributed by atoms with Crippen molar-refractivity contribution in [3.63, 3.8) is 0 Å². The summed E-state index contributed by atoms with van der Waals surface area (Å²) in [5.41, 5.74) is 5.80. The smallest absolute Gasteiger partial charge is 0.281 e. The quantitative estimate of drug-likeness (QED) is 0.482. The fourth-order valence-electron chi connectivity index (χ4n) is 3.72. The molecule has 2 heterocycles. The summed E-state index contributed by atoms with van der Waals surface area (Å²) in [6.45, 7) is 9.43. The summed E-state index contributed by atoms with van der Waals surface area (Å²) >= 11 is 5.48. The molecule has 148 valence electrons. The molecule has 1 aliphatic rings. The minimum Gasteiger partial charge on any atom is -0.347 e. The molecule has 0 saturated carbocycles. The van der Waals surface area contributed by atoms with E-state index in [1.54, 1.807) is 4.90 Å². The Bertz CT molecular complexity index is 1160. The molecule has 0 aliphatic carbocycles. The van der Waals surface area contributed by atoms with Crippen molar-refractivity contribution in [3.8, 4) is 0 Å². The van der Waals surface area contributed by atoms with Crippen LogP contribution in [0.1, 0.15) is 30.5 Å². The van der Waals surface area contributed by atoms with E-state index < -0.39 is 0 Å². The van der Waals surface area contributed by atoms with Crippen molar-refractivity contribution in [1.29, 1.82) is 0 Å². The number of anilines is 1. The van der Waals surface area contributed by atoms with Crippen LogP contribution in [0.3, 0.4) is 0 Å². The average Bonchev–Trinajstić information content (AvgIpc) is 3.15. The van der Waals surface area contributed by atoms with Gasteiger partial charge in [-0.2, -0.15) is 0 Å². The number of benzene rings is 2. The Morgan fingerprint density at radius 1 is 1.10 bits per heavy atom. The molecule has 1 aromatic heterocycles. The molecule has 2 aromatic carbocycles. The van der Waals surface area contributed by atoms with Crippen LogP contribution in [0.15, 0.2) is 54.4 Å². The summed E-state index contributed by atoms with van der Waals surface area (Å²) in [4.78, 5) is 14.7. The van der Waals surface area contributed by atoms with Crippen LogP contribution < -0.4 is 10.2 Å². The molecule has 5 heteroatoms. The summed E-state index contributed by atoms with van der Waals surface area (Å²) < 4.78 is 2.26. The first-order valence-corrected chi connectivity index (χ1v) is 10.3. The van der Waals surface area contributed by atoms with Gasteiger partial charge in [0.15, 0.2) is 5.11 Å². The van der Waals surface area contributed by atoms with Crippen molar-refractivity contribution in [2.45, 2.75) is 34.2 Å². The standard InChI is InChI=1S/C24H25N3OS/c1-15(2)13-26-14-18(20-7-5-6-8-22(20)26)12-21-23(28)27(24(29)25-21)19-10-9-16(3)17(4)11-19/h5-12,14-15H,13H2,1-4H3,(H,25,29)/b21-12-. The fraction of sp³-hybridized carbons (Fsp3) is 0.250. The highest BCUT2D eigenvalue weighted by Gasteiger charge is 2.32. The number of amides is 1. The first kappa shape index (κ1) is 19.4. The Morgan fingerprint density at radius 2 is 1.86 bits per heavy atom. The molecule has 1 amide bonds. The highest BCUT2D eigenvalue weighted by atomic mass is 32.1. The topological polar surface area (TPSA) is 37.3 Å². The SMILES string of the molecule is Cc1ccc(N2C(=O)/C(=C/c3cn(CC(C)C)c4ccccc34)NC2=S)cc1C. The Balaban J connectivity index is 1.73. The van der Waals surface area contributed by atoms with E-state index in [0.29, 0.717) is 16.7 Å². The van der Waals surface area contributed by atoms with Crippen LogP contribution in [-0.2, 0) is 11.3 Å². The number of thiocarbonyl (C=S) groups is 1. The van der Waals surface area contributed by atoms with Gasteiger partial charge in [0.1, 0.15) is 5.70 Å². The van der Waals surface area contributed by atoms with E-state index in [2.05, 4.69) is 49.0 Å². The van der Waals surface area contributed by atoms with Gasteiger partial charge in [0.05, 0.1) is 5.69 Å². The number of carbonyl (C=O) groups excluding carboxylic acids is 1. The molecular formula is C24H25N3OS. The number of nitrogens with one attached hydrogen (secondary N) is 1. The Kier molecular flexibility index (Phi) is 5.01. The average molecular weight is 404 g/mol. The van der Waals surface area contributed by atoms with Crippen LogP contribution in [0.4, 0.5) is 5.69 Å². The highest BCUT2D eigenvalue weighted by molar-refractivity contribution is 7.80. The summed E-state index contributed by atoms with van der Waals surface area (Å²) in [6.07, 6.45) is 4.03. The molecule has 0 bridgehead atoms. The second kappa shape index (κ2) is 7.48. The number of hydrogen-bond donors (Lipinski definition) is 1. The highest BCUT2D eigenvalue weighted by Crippen LogP contribution is 2.28. The molecule has 1 saturated heterocycles. The van der Waals surface area contributed by atoms with Gasteiger partial charge in [-0.1, -0.05) is 38.1 Å². The molecule has 0 radical (unpaired) electrons. The monoisotopic (exact) mass is 403 g/mol. The number of fused-ring (bicyclic) bond motifs is 1. The van der Waals surface area contributed by atoms with Crippen LogP contribution in [0.25, 0.3) is 17.0 Å². The van der Waals surface area contributed by atoms with Crippen molar-refractivity contribution < 1.29 is 4.79 Å². The van der Waals surface area contributed by atoms with E-state index in [4.69, 9.17) is 12.2 Å². The second-order valence-electron chi connectivity index (χ2n) is 8.05. The summed E-state index contributed by atoms with van der Waals surface area (Å²) in [7, 11) is 0. The van der Waals surface area contributed by atoms with Gasteiger partial charge in [0, 0.05) is 29.2 Å². The number of carbonyl (C=O) groups is 1. The summed E-state index contributed by atoms with van der Waals surface area (Å²) in [5.74, 6) is 0.407. The lowest BCUT2D eigenvalue weighted by Crippen LogP contribution is -2.30. The van der Waals surface area contributed by atoms with Crippen LogP contribution in [-0.4, -0.2) is 15.6 Å². The number of rotatable bonds is 4. The van der Waals surface area contributed by atoms with Gasteiger partial charge in [0.25, 0.3) is 5.91 Å². The molecule has 1 N–H and O–H groups in total. The molecule has 1 fully saturated rings. The molecule has 4 rings (SSSR count). The van der Waals surface area contributed by atoms with Crippen LogP contribution >= 0.6 is 12.2 Å². The molecule has 29 heavy (non-hydrogen) atoms. The maximum Gasteiger partial charge on any atom is 0.281 e. The van der Waals surface area contributed by atoms with Gasteiger partial charge in [-0.3, -0.25) is 9.69 Å². The van der Waals surface area contributed by atoms with Gasteiger partial charge in [-0.15, -0.1) is 0 Å². The Labute approximate surface area is 176 Å². The van der Waals surface area contributed by atoms with Gasteiger partial charge < -0.3 is 9.88 Å². The lowest BCUT2D eigenvalue weighted by Gasteiger charge is -2.15.